The van der Waals surface area contributed by atoms with Crippen LogP contribution in [-0.4, -0.2) is 24.5 Å². The van der Waals surface area contributed by atoms with Gasteiger partial charge in [0, 0.05) is 17.0 Å². The van der Waals surface area contributed by atoms with E-state index in [1.807, 2.05) is 26.0 Å². The van der Waals surface area contributed by atoms with E-state index in [2.05, 4.69) is 21.2 Å². The average Bonchev–Trinajstić information content (AvgIpc) is 2.86. The second-order valence-electron chi connectivity index (χ2n) is 4.16. The molecule has 0 aliphatic rings. The lowest BCUT2D eigenvalue weighted by atomic mass is 10.2. The highest BCUT2D eigenvalue weighted by Crippen LogP contribution is 2.22. The van der Waals surface area contributed by atoms with Crippen molar-refractivity contribution in [3.05, 3.63) is 26.9 Å². The first-order chi connectivity index (χ1) is 9.55. The Kier molecular flexibility index (Phi) is 7.54. The smallest absolute Gasteiger partial charge is 0.331 e. The predicted octanol–water partition coefficient (Wildman–Crippen LogP) is 3.37. The van der Waals surface area contributed by atoms with Crippen LogP contribution in [0.1, 0.15) is 31.6 Å². The van der Waals surface area contributed by atoms with Crippen molar-refractivity contribution in [2.24, 2.45) is 0 Å². The fourth-order valence-corrected chi connectivity index (χ4v) is 2.84. The van der Waals surface area contributed by atoms with Crippen LogP contribution in [0.2, 0.25) is 0 Å². The van der Waals surface area contributed by atoms with Crippen molar-refractivity contribution in [2.45, 2.75) is 32.7 Å². The Morgan fingerprint density at radius 2 is 2.10 bits per heavy atom. The Labute approximate surface area is 131 Å². The Morgan fingerprint density at radius 1 is 1.40 bits per heavy atom. The van der Waals surface area contributed by atoms with Crippen molar-refractivity contribution >= 4 is 45.2 Å². The molecule has 1 N–H and O–H groups in total. The summed E-state index contributed by atoms with van der Waals surface area (Å²) in [6.07, 6.45) is 4.71. The summed E-state index contributed by atoms with van der Waals surface area (Å²) in [4.78, 5) is 23.9. The highest BCUT2D eigenvalue weighted by Gasteiger charge is 2.09. The molecule has 4 nitrogen and oxygen atoms in total. The topological polar surface area (TPSA) is 55.4 Å². The first-order valence-electron chi connectivity index (χ1n) is 6.44. The summed E-state index contributed by atoms with van der Waals surface area (Å²) < 4.78 is 5.87. The van der Waals surface area contributed by atoms with Crippen molar-refractivity contribution < 1.29 is 14.3 Å². The van der Waals surface area contributed by atoms with E-state index in [4.69, 9.17) is 4.74 Å². The van der Waals surface area contributed by atoms with E-state index in [1.165, 1.54) is 17.4 Å². The summed E-state index contributed by atoms with van der Waals surface area (Å²) >= 11 is 4.85. The minimum atomic E-state index is -0.519. The van der Waals surface area contributed by atoms with Crippen LogP contribution in [0.25, 0.3) is 6.08 Å². The number of thiophene rings is 1. The normalized spacial score (nSPS) is 11.0. The van der Waals surface area contributed by atoms with Crippen molar-refractivity contribution in [3.63, 3.8) is 0 Å². The molecule has 0 aliphatic carbocycles. The van der Waals surface area contributed by atoms with Gasteiger partial charge < -0.3 is 10.1 Å². The zero-order valence-corrected chi connectivity index (χ0v) is 13.9. The number of carbonyl (C=O) groups is 2. The number of esters is 1. The lowest BCUT2D eigenvalue weighted by Crippen LogP contribution is -2.36. The second kappa shape index (κ2) is 8.92. The highest BCUT2D eigenvalue weighted by molar-refractivity contribution is 9.11. The van der Waals surface area contributed by atoms with Crippen molar-refractivity contribution in [1.82, 2.24) is 5.32 Å². The molecule has 6 heteroatoms. The van der Waals surface area contributed by atoms with Gasteiger partial charge in [-0.3, -0.25) is 4.79 Å². The van der Waals surface area contributed by atoms with Gasteiger partial charge in [0.15, 0.2) is 6.61 Å². The van der Waals surface area contributed by atoms with Gasteiger partial charge in [-0.05, 0) is 47.0 Å². The van der Waals surface area contributed by atoms with Gasteiger partial charge in [0.1, 0.15) is 0 Å². The molecule has 1 aromatic heterocycles. The fraction of sp³-hybridized carbons (Fsp3) is 0.429. The maximum atomic E-state index is 11.5. The van der Waals surface area contributed by atoms with Crippen LogP contribution < -0.4 is 5.32 Å². The minimum absolute atomic E-state index is 0.139. The summed E-state index contributed by atoms with van der Waals surface area (Å²) in [5.74, 6) is -0.784. The molecule has 0 unspecified atom stereocenters. The molecule has 0 bridgehead atoms. The molecule has 1 aromatic rings. The molecule has 1 heterocycles. The summed E-state index contributed by atoms with van der Waals surface area (Å²) in [5.41, 5.74) is 0. The van der Waals surface area contributed by atoms with Gasteiger partial charge in [-0.15, -0.1) is 11.3 Å². The molecule has 0 aromatic carbocycles. The lowest BCUT2D eigenvalue weighted by Gasteiger charge is -2.14. The molecule has 0 atom stereocenters. The van der Waals surface area contributed by atoms with Gasteiger partial charge >= 0.3 is 5.97 Å². The van der Waals surface area contributed by atoms with Crippen LogP contribution >= 0.6 is 27.3 Å². The van der Waals surface area contributed by atoms with Gasteiger partial charge in [0.25, 0.3) is 5.91 Å². The van der Waals surface area contributed by atoms with E-state index in [1.54, 1.807) is 6.08 Å². The first-order valence-corrected chi connectivity index (χ1v) is 8.05. The Balaban J connectivity index is 2.32. The monoisotopic (exact) mass is 359 g/mol. The average molecular weight is 360 g/mol. The molecule has 0 saturated heterocycles. The van der Waals surface area contributed by atoms with Crippen molar-refractivity contribution in [1.29, 1.82) is 0 Å². The number of halogens is 1. The Hall–Kier alpha value is -1.14. The van der Waals surface area contributed by atoms with Crippen LogP contribution in [0.15, 0.2) is 22.0 Å². The number of hydrogen-bond acceptors (Lipinski definition) is 4. The molecular formula is C14H18BrNO3S. The first kappa shape index (κ1) is 16.9. The molecule has 0 radical (unpaired) electrons. The number of carbonyl (C=O) groups excluding carboxylic acids is 2. The standard InChI is InChI=1S/C14H18BrNO3S/c1-3-10(4-2)16-13(17)9-19-14(18)8-6-11-5-7-12(15)20-11/h5-8,10H,3-4,9H2,1-2H3,(H,16,17)/b8-6+. The number of ether oxygens (including phenoxy) is 1. The molecule has 0 aliphatic heterocycles. The molecule has 0 saturated carbocycles. The summed E-state index contributed by atoms with van der Waals surface area (Å²) in [6, 6.07) is 3.93. The predicted molar refractivity (Wildman–Crippen MR) is 84.5 cm³/mol. The van der Waals surface area contributed by atoms with Crippen molar-refractivity contribution in [3.8, 4) is 0 Å². The van der Waals surface area contributed by atoms with Crippen LogP contribution in [0, 0.1) is 0 Å². The van der Waals surface area contributed by atoms with E-state index in [9.17, 15) is 9.59 Å². The molecule has 20 heavy (non-hydrogen) atoms. The molecule has 0 fully saturated rings. The Bertz CT molecular complexity index is 481. The molecule has 1 rings (SSSR count). The van der Waals surface area contributed by atoms with Crippen LogP contribution in [0.5, 0.6) is 0 Å². The van der Waals surface area contributed by atoms with E-state index in [0.717, 1.165) is 21.5 Å². The van der Waals surface area contributed by atoms with E-state index >= 15 is 0 Å². The fourth-order valence-electron chi connectivity index (χ4n) is 1.51. The van der Waals surface area contributed by atoms with Gasteiger partial charge in [-0.25, -0.2) is 4.79 Å². The van der Waals surface area contributed by atoms with Gasteiger partial charge in [-0.2, -0.15) is 0 Å². The summed E-state index contributed by atoms with van der Waals surface area (Å²) in [6.45, 7) is 3.76. The van der Waals surface area contributed by atoms with Gasteiger partial charge in [0.05, 0.1) is 3.79 Å². The van der Waals surface area contributed by atoms with Gasteiger partial charge in [-0.1, -0.05) is 13.8 Å². The van der Waals surface area contributed by atoms with E-state index < -0.39 is 5.97 Å². The third kappa shape index (κ3) is 6.34. The lowest BCUT2D eigenvalue weighted by molar-refractivity contribution is -0.144. The summed E-state index contributed by atoms with van der Waals surface area (Å²) in [7, 11) is 0. The zero-order chi connectivity index (χ0) is 15.0. The molecule has 0 spiro atoms. The van der Waals surface area contributed by atoms with E-state index in [0.29, 0.717) is 0 Å². The summed E-state index contributed by atoms with van der Waals surface area (Å²) in [5, 5.41) is 2.80. The molecular weight excluding hydrogens is 342 g/mol. The molecule has 1 amide bonds. The number of hydrogen-bond donors (Lipinski definition) is 1. The van der Waals surface area contributed by atoms with Crippen LogP contribution in [0.4, 0.5) is 0 Å². The minimum Gasteiger partial charge on any atom is -0.452 e. The highest BCUT2D eigenvalue weighted by atomic mass is 79.9. The third-order valence-corrected chi connectivity index (χ3v) is 4.26. The van der Waals surface area contributed by atoms with Crippen molar-refractivity contribution in [2.75, 3.05) is 6.61 Å². The Morgan fingerprint density at radius 3 is 2.65 bits per heavy atom. The SMILES string of the molecule is CCC(CC)NC(=O)COC(=O)/C=C/c1ccc(Br)s1. The quantitative estimate of drug-likeness (QED) is 0.599. The number of rotatable bonds is 7. The number of nitrogens with one attached hydrogen (secondary N) is 1. The number of amides is 1. The van der Waals surface area contributed by atoms with E-state index in [-0.39, 0.29) is 18.6 Å². The van der Waals surface area contributed by atoms with Crippen LogP contribution in [0.3, 0.4) is 0 Å². The zero-order valence-electron chi connectivity index (χ0n) is 11.5. The van der Waals surface area contributed by atoms with Gasteiger partial charge in [0.2, 0.25) is 0 Å². The van der Waals surface area contributed by atoms with Crippen LogP contribution in [-0.2, 0) is 14.3 Å². The second-order valence-corrected chi connectivity index (χ2v) is 6.66. The third-order valence-electron chi connectivity index (χ3n) is 2.67. The largest absolute Gasteiger partial charge is 0.452 e. The maximum absolute atomic E-state index is 11.5. The maximum Gasteiger partial charge on any atom is 0.331 e. The molecule has 110 valence electrons.